The van der Waals surface area contributed by atoms with Crippen LogP contribution in [0.3, 0.4) is 0 Å². The molecule has 0 aromatic rings. The second-order valence-electron chi connectivity index (χ2n) is 6.61. The summed E-state index contributed by atoms with van der Waals surface area (Å²) in [6.07, 6.45) is 6.74. The smallest absolute Gasteiger partial charge is 0.240 e. The standard InChI is InChI=1S/C15H24N2O2/c1-12-7-15(8-12,9-16)13(19)17-10-14(11-18)5-3-2-4-6-14/h12,18H,2-8,10-11H2,1H3,(H,17,19). The van der Waals surface area contributed by atoms with Crippen molar-refractivity contribution in [2.45, 2.75) is 51.9 Å². The molecule has 0 bridgehead atoms. The Hall–Kier alpha value is -1.08. The van der Waals surface area contributed by atoms with Crippen molar-refractivity contribution < 1.29 is 9.90 Å². The Balaban J connectivity index is 1.91. The monoisotopic (exact) mass is 264 g/mol. The predicted octanol–water partition coefficient (Wildman–Crippen LogP) is 1.99. The van der Waals surface area contributed by atoms with Crippen molar-refractivity contribution >= 4 is 5.91 Å². The SMILES string of the molecule is CC1CC(C#N)(C(=O)NCC2(CO)CCCCC2)C1. The van der Waals surface area contributed by atoms with E-state index in [-0.39, 0.29) is 17.9 Å². The van der Waals surface area contributed by atoms with Gasteiger partial charge in [-0.15, -0.1) is 0 Å². The van der Waals surface area contributed by atoms with Gasteiger partial charge in [0.05, 0.1) is 12.7 Å². The van der Waals surface area contributed by atoms with Crippen LogP contribution >= 0.6 is 0 Å². The molecule has 0 aromatic carbocycles. The molecule has 4 nitrogen and oxygen atoms in total. The Kier molecular flexibility index (Phi) is 4.15. The van der Waals surface area contributed by atoms with Gasteiger partial charge in [-0.2, -0.15) is 5.26 Å². The lowest BCUT2D eigenvalue weighted by Gasteiger charge is -2.41. The maximum absolute atomic E-state index is 12.2. The minimum Gasteiger partial charge on any atom is -0.396 e. The quantitative estimate of drug-likeness (QED) is 0.815. The number of carbonyl (C=O) groups is 1. The van der Waals surface area contributed by atoms with E-state index in [9.17, 15) is 15.2 Å². The Labute approximate surface area is 115 Å². The van der Waals surface area contributed by atoms with Crippen molar-refractivity contribution in [3.8, 4) is 6.07 Å². The first-order chi connectivity index (χ1) is 9.06. The molecule has 2 aliphatic carbocycles. The molecule has 0 heterocycles. The highest BCUT2D eigenvalue weighted by Crippen LogP contribution is 2.45. The molecule has 0 spiro atoms. The molecule has 19 heavy (non-hydrogen) atoms. The average Bonchev–Trinajstić information content (AvgIpc) is 2.42. The normalized spacial score (nSPS) is 33.0. The van der Waals surface area contributed by atoms with E-state index in [1.165, 1.54) is 6.42 Å². The van der Waals surface area contributed by atoms with Gasteiger partial charge in [0.25, 0.3) is 0 Å². The fraction of sp³-hybridized carbons (Fsp3) is 0.867. The molecule has 2 N–H and O–H groups in total. The number of carbonyl (C=O) groups excluding carboxylic acids is 1. The van der Waals surface area contributed by atoms with Crippen LogP contribution in [0, 0.1) is 28.1 Å². The van der Waals surface area contributed by atoms with E-state index >= 15 is 0 Å². The molecule has 2 saturated carbocycles. The Morgan fingerprint density at radius 3 is 2.47 bits per heavy atom. The first kappa shape index (κ1) is 14.3. The summed E-state index contributed by atoms with van der Waals surface area (Å²) < 4.78 is 0. The van der Waals surface area contributed by atoms with Crippen molar-refractivity contribution in [3.63, 3.8) is 0 Å². The molecule has 106 valence electrons. The highest BCUT2D eigenvalue weighted by molar-refractivity contribution is 5.86. The van der Waals surface area contributed by atoms with Crippen LogP contribution in [0.5, 0.6) is 0 Å². The van der Waals surface area contributed by atoms with Gasteiger partial charge in [-0.25, -0.2) is 0 Å². The molecule has 1 amide bonds. The van der Waals surface area contributed by atoms with Crippen LogP contribution in [-0.2, 0) is 4.79 Å². The van der Waals surface area contributed by atoms with Gasteiger partial charge >= 0.3 is 0 Å². The zero-order valence-corrected chi connectivity index (χ0v) is 11.7. The van der Waals surface area contributed by atoms with Gasteiger partial charge in [0.1, 0.15) is 5.41 Å². The molecule has 2 rings (SSSR count). The van der Waals surface area contributed by atoms with Gasteiger partial charge in [-0.05, 0) is 31.6 Å². The first-order valence-electron chi connectivity index (χ1n) is 7.36. The van der Waals surface area contributed by atoms with Gasteiger partial charge in [-0.1, -0.05) is 26.2 Å². The number of nitriles is 1. The third kappa shape index (κ3) is 2.76. The Morgan fingerprint density at radius 1 is 1.37 bits per heavy atom. The number of rotatable bonds is 4. The summed E-state index contributed by atoms with van der Waals surface area (Å²) in [5.74, 6) is 0.332. The maximum Gasteiger partial charge on any atom is 0.240 e. The summed E-state index contributed by atoms with van der Waals surface area (Å²) in [6, 6.07) is 2.19. The van der Waals surface area contributed by atoms with E-state index in [0.717, 1.165) is 25.7 Å². The maximum atomic E-state index is 12.2. The highest BCUT2D eigenvalue weighted by atomic mass is 16.3. The molecule has 0 unspecified atom stereocenters. The van der Waals surface area contributed by atoms with Gasteiger partial charge in [0, 0.05) is 12.0 Å². The van der Waals surface area contributed by atoms with Crippen molar-refractivity contribution in [1.29, 1.82) is 5.26 Å². The third-order valence-corrected chi connectivity index (χ3v) is 4.92. The zero-order valence-electron chi connectivity index (χ0n) is 11.7. The molecule has 0 saturated heterocycles. The Morgan fingerprint density at radius 2 is 2.00 bits per heavy atom. The number of aliphatic hydroxyl groups excluding tert-OH is 1. The van der Waals surface area contributed by atoms with Crippen LogP contribution < -0.4 is 5.32 Å². The molecule has 0 radical (unpaired) electrons. The van der Waals surface area contributed by atoms with Crippen molar-refractivity contribution in [1.82, 2.24) is 5.32 Å². The number of nitrogens with one attached hydrogen (secondary N) is 1. The molecule has 2 aliphatic rings. The van der Waals surface area contributed by atoms with Crippen LogP contribution in [0.1, 0.15) is 51.9 Å². The van der Waals surface area contributed by atoms with Crippen molar-refractivity contribution in [2.75, 3.05) is 13.2 Å². The molecule has 0 atom stereocenters. The minimum atomic E-state index is -0.801. The fourth-order valence-corrected chi connectivity index (χ4v) is 3.59. The summed E-state index contributed by atoms with van der Waals surface area (Å²) in [7, 11) is 0. The van der Waals surface area contributed by atoms with Gasteiger partial charge in [0.2, 0.25) is 5.91 Å². The molecule has 4 heteroatoms. The summed E-state index contributed by atoms with van der Waals surface area (Å²) in [6.45, 7) is 2.71. The minimum absolute atomic E-state index is 0.128. The molecular weight excluding hydrogens is 240 g/mol. The Bertz CT molecular complexity index is 374. The number of hydrogen-bond acceptors (Lipinski definition) is 3. The highest BCUT2D eigenvalue weighted by Gasteiger charge is 2.49. The fourth-order valence-electron chi connectivity index (χ4n) is 3.59. The predicted molar refractivity (Wildman–Crippen MR) is 72.1 cm³/mol. The second kappa shape index (κ2) is 5.50. The molecule has 0 aromatic heterocycles. The van der Waals surface area contributed by atoms with E-state index in [2.05, 4.69) is 18.3 Å². The largest absolute Gasteiger partial charge is 0.396 e. The number of hydrogen-bond donors (Lipinski definition) is 2. The zero-order chi connectivity index (χ0) is 13.9. The lowest BCUT2D eigenvalue weighted by molar-refractivity contribution is -0.134. The first-order valence-corrected chi connectivity index (χ1v) is 7.36. The van der Waals surface area contributed by atoms with Gasteiger partial charge < -0.3 is 10.4 Å². The van der Waals surface area contributed by atoms with Crippen molar-refractivity contribution in [3.05, 3.63) is 0 Å². The molecular formula is C15H24N2O2. The van der Waals surface area contributed by atoms with E-state index in [1.807, 2.05) is 0 Å². The lowest BCUT2D eigenvalue weighted by Crippen LogP contribution is -2.51. The summed E-state index contributed by atoms with van der Waals surface area (Å²) in [5.41, 5.74) is -0.954. The van der Waals surface area contributed by atoms with E-state index < -0.39 is 5.41 Å². The lowest BCUT2D eigenvalue weighted by atomic mass is 9.63. The number of aliphatic hydroxyl groups is 1. The second-order valence-corrected chi connectivity index (χ2v) is 6.61. The van der Waals surface area contributed by atoms with E-state index in [4.69, 9.17) is 0 Å². The average molecular weight is 264 g/mol. The van der Waals surface area contributed by atoms with Crippen molar-refractivity contribution in [2.24, 2.45) is 16.7 Å². The van der Waals surface area contributed by atoms with Crippen LogP contribution in [0.4, 0.5) is 0 Å². The molecule has 0 aliphatic heterocycles. The number of nitrogens with zero attached hydrogens (tertiary/aromatic N) is 1. The summed E-state index contributed by atoms with van der Waals surface area (Å²) in [5, 5.41) is 21.8. The summed E-state index contributed by atoms with van der Waals surface area (Å²) >= 11 is 0. The van der Waals surface area contributed by atoms with E-state index in [0.29, 0.717) is 25.3 Å². The van der Waals surface area contributed by atoms with Crippen LogP contribution in [0.15, 0.2) is 0 Å². The van der Waals surface area contributed by atoms with Crippen LogP contribution in [0.25, 0.3) is 0 Å². The third-order valence-electron chi connectivity index (χ3n) is 4.92. The topological polar surface area (TPSA) is 73.1 Å². The van der Waals surface area contributed by atoms with Crippen LogP contribution in [0.2, 0.25) is 0 Å². The molecule has 2 fully saturated rings. The summed E-state index contributed by atoms with van der Waals surface area (Å²) in [4.78, 5) is 12.2. The van der Waals surface area contributed by atoms with Gasteiger partial charge in [-0.3, -0.25) is 4.79 Å². The van der Waals surface area contributed by atoms with Gasteiger partial charge in [0.15, 0.2) is 0 Å². The number of amides is 1. The van der Waals surface area contributed by atoms with Crippen LogP contribution in [-0.4, -0.2) is 24.2 Å². The van der Waals surface area contributed by atoms with E-state index in [1.54, 1.807) is 0 Å².